The van der Waals surface area contributed by atoms with Gasteiger partial charge in [0.25, 0.3) is 5.91 Å². The molecule has 0 atom stereocenters. The van der Waals surface area contributed by atoms with E-state index in [9.17, 15) is 9.59 Å². The van der Waals surface area contributed by atoms with E-state index in [-0.39, 0.29) is 18.1 Å². The van der Waals surface area contributed by atoms with Crippen molar-refractivity contribution in [1.82, 2.24) is 0 Å². The van der Waals surface area contributed by atoms with Crippen LogP contribution in [0.1, 0.15) is 16.8 Å². The first-order valence-corrected chi connectivity index (χ1v) is 7.77. The number of hydrogen-bond acceptors (Lipinski definition) is 5. The summed E-state index contributed by atoms with van der Waals surface area (Å²) in [5.74, 6) is 0.715. The maximum Gasteiger partial charge on any atom is 0.335 e. The molecule has 130 valence electrons. The van der Waals surface area contributed by atoms with Gasteiger partial charge in [0.05, 0.1) is 24.5 Å². The van der Waals surface area contributed by atoms with E-state index in [4.69, 9.17) is 19.3 Å². The lowest BCUT2D eigenvalue weighted by Crippen LogP contribution is -2.25. The molecule has 0 fully saturated rings. The first-order valence-electron chi connectivity index (χ1n) is 7.77. The van der Waals surface area contributed by atoms with Gasteiger partial charge in [-0.2, -0.15) is 0 Å². The smallest absolute Gasteiger partial charge is 0.335 e. The van der Waals surface area contributed by atoms with E-state index in [1.807, 2.05) is 0 Å². The number of ether oxygens (including phenoxy) is 3. The number of rotatable bonds is 7. The van der Waals surface area contributed by atoms with Crippen LogP contribution in [-0.4, -0.2) is 36.8 Å². The molecule has 1 heterocycles. The topological polar surface area (TPSA) is 94.1 Å². The normalized spacial score (nSPS) is 12.6. The third-order valence-electron chi connectivity index (χ3n) is 3.51. The molecule has 0 saturated carbocycles. The molecule has 1 aliphatic rings. The minimum absolute atomic E-state index is 0.0258. The highest BCUT2D eigenvalue weighted by Crippen LogP contribution is 2.31. The number of aromatic carboxylic acids is 1. The Morgan fingerprint density at radius 3 is 2.48 bits per heavy atom. The molecule has 2 N–H and O–H groups in total. The zero-order chi connectivity index (χ0) is 17.6. The molecule has 2 aromatic carbocycles. The Balaban J connectivity index is 1.42. The molecule has 0 spiro atoms. The summed E-state index contributed by atoms with van der Waals surface area (Å²) in [7, 11) is 0. The molecule has 3 rings (SSSR count). The molecule has 0 aromatic heterocycles. The van der Waals surface area contributed by atoms with E-state index >= 15 is 0 Å². The summed E-state index contributed by atoms with van der Waals surface area (Å²) in [4.78, 5) is 22.1. The minimum atomic E-state index is -0.966. The Morgan fingerprint density at radius 2 is 1.76 bits per heavy atom. The summed E-state index contributed by atoms with van der Waals surface area (Å²) < 4.78 is 16.4. The monoisotopic (exact) mass is 343 g/mol. The van der Waals surface area contributed by atoms with Gasteiger partial charge < -0.3 is 24.6 Å². The number of amides is 1. The van der Waals surface area contributed by atoms with Crippen LogP contribution in [0.5, 0.6) is 17.2 Å². The zero-order valence-corrected chi connectivity index (χ0v) is 13.4. The van der Waals surface area contributed by atoms with Crippen molar-refractivity contribution in [2.45, 2.75) is 6.42 Å². The third-order valence-corrected chi connectivity index (χ3v) is 3.51. The van der Waals surface area contributed by atoms with E-state index < -0.39 is 5.97 Å². The predicted octanol–water partition coefficient (Wildman–Crippen LogP) is 2.56. The van der Waals surface area contributed by atoms with Crippen molar-refractivity contribution in [2.24, 2.45) is 0 Å². The van der Waals surface area contributed by atoms with Crippen molar-refractivity contribution in [3.63, 3.8) is 0 Å². The average Bonchev–Trinajstić information content (AvgIpc) is 2.61. The Morgan fingerprint density at radius 1 is 1.08 bits per heavy atom. The maximum absolute atomic E-state index is 11.3. The van der Waals surface area contributed by atoms with Gasteiger partial charge in [0, 0.05) is 12.5 Å². The first-order chi connectivity index (χ1) is 12.1. The number of benzene rings is 2. The Labute approximate surface area is 144 Å². The largest absolute Gasteiger partial charge is 0.493 e. The molecule has 0 radical (unpaired) electrons. The lowest BCUT2D eigenvalue weighted by molar-refractivity contribution is -0.118. The van der Waals surface area contributed by atoms with Crippen LogP contribution < -0.4 is 19.5 Å². The van der Waals surface area contributed by atoms with Crippen LogP contribution in [0.15, 0.2) is 42.5 Å². The summed E-state index contributed by atoms with van der Waals surface area (Å²) >= 11 is 0. The lowest BCUT2D eigenvalue weighted by atomic mass is 10.2. The highest BCUT2D eigenvalue weighted by atomic mass is 16.5. The maximum atomic E-state index is 11.3. The van der Waals surface area contributed by atoms with Crippen molar-refractivity contribution in [2.75, 3.05) is 25.1 Å². The highest BCUT2D eigenvalue weighted by Gasteiger charge is 2.16. The SMILES string of the molecule is O=C1COc2ccc(OCCCOc3ccc(C(=O)O)cc3)cc2N1. The minimum Gasteiger partial charge on any atom is -0.493 e. The quantitative estimate of drug-likeness (QED) is 0.751. The second kappa shape index (κ2) is 7.57. The second-order valence-corrected chi connectivity index (χ2v) is 5.37. The van der Waals surface area contributed by atoms with Gasteiger partial charge in [-0.05, 0) is 36.4 Å². The Bertz CT molecular complexity index is 772. The Kier molecular flexibility index (Phi) is 5.03. The summed E-state index contributed by atoms with van der Waals surface area (Å²) in [6, 6.07) is 11.5. The van der Waals surface area contributed by atoms with Gasteiger partial charge in [-0.25, -0.2) is 4.79 Å². The van der Waals surface area contributed by atoms with Gasteiger partial charge >= 0.3 is 5.97 Å². The number of fused-ring (bicyclic) bond motifs is 1. The van der Waals surface area contributed by atoms with Crippen molar-refractivity contribution < 1.29 is 28.9 Å². The van der Waals surface area contributed by atoms with Gasteiger partial charge in [-0.1, -0.05) is 0 Å². The third kappa shape index (κ3) is 4.41. The van der Waals surface area contributed by atoms with Crippen molar-refractivity contribution >= 4 is 17.6 Å². The van der Waals surface area contributed by atoms with Gasteiger partial charge in [0.2, 0.25) is 0 Å². The standard InChI is InChI=1S/C18H17NO6/c20-17-11-25-16-7-6-14(10-15(16)19-17)24-9-1-8-23-13-4-2-12(3-5-13)18(21)22/h2-7,10H,1,8-9,11H2,(H,19,20)(H,21,22). The molecule has 0 saturated heterocycles. The van der Waals surface area contributed by atoms with Crippen molar-refractivity contribution in [3.05, 3.63) is 48.0 Å². The molecular formula is C18H17NO6. The van der Waals surface area contributed by atoms with Crippen LogP contribution in [0, 0.1) is 0 Å². The number of carbonyl (C=O) groups excluding carboxylic acids is 1. The van der Waals surface area contributed by atoms with Gasteiger partial charge in [0.1, 0.15) is 17.2 Å². The number of anilines is 1. The first kappa shape index (κ1) is 16.6. The number of carboxylic acids is 1. The van der Waals surface area contributed by atoms with Crippen LogP contribution >= 0.6 is 0 Å². The van der Waals surface area contributed by atoms with E-state index in [2.05, 4.69) is 5.32 Å². The Hall–Kier alpha value is -3.22. The molecular weight excluding hydrogens is 326 g/mol. The number of carbonyl (C=O) groups is 2. The van der Waals surface area contributed by atoms with Crippen LogP contribution in [-0.2, 0) is 4.79 Å². The fourth-order valence-electron chi connectivity index (χ4n) is 2.28. The molecule has 1 aliphatic heterocycles. The van der Waals surface area contributed by atoms with Gasteiger partial charge in [-0.15, -0.1) is 0 Å². The van der Waals surface area contributed by atoms with E-state index in [1.54, 1.807) is 30.3 Å². The summed E-state index contributed by atoms with van der Waals surface area (Å²) in [6.45, 7) is 0.913. The highest BCUT2D eigenvalue weighted by molar-refractivity contribution is 5.95. The lowest BCUT2D eigenvalue weighted by Gasteiger charge is -2.18. The van der Waals surface area contributed by atoms with E-state index in [1.165, 1.54) is 12.1 Å². The van der Waals surface area contributed by atoms with Crippen LogP contribution in [0.25, 0.3) is 0 Å². The summed E-state index contributed by atoms with van der Waals surface area (Å²) in [5.41, 5.74) is 0.822. The molecule has 2 aromatic rings. The molecule has 7 nitrogen and oxygen atoms in total. The zero-order valence-electron chi connectivity index (χ0n) is 13.4. The molecule has 0 unspecified atom stereocenters. The molecule has 0 bridgehead atoms. The molecule has 25 heavy (non-hydrogen) atoms. The second-order valence-electron chi connectivity index (χ2n) is 5.37. The van der Waals surface area contributed by atoms with E-state index in [0.717, 1.165) is 0 Å². The molecule has 1 amide bonds. The van der Waals surface area contributed by atoms with Crippen LogP contribution in [0.4, 0.5) is 5.69 Å². The van der Waals surface area contributed by atoms with Crippen LogP contribution in [0.2, 0.25) is 0 Å². The molecule has 7 heteroatoms. The molecule has 0 aliphatic carbocycles. The predicted molar refractivity (Wildman–Crippen MR) is 89.6 cm³/mol. The van der Waals surface area contributed by atoms with Crippen molar-refractivity contribution in [3.8, 4) is 17.2 Å². The number of hydrogen-bond donors (Lipinski definition) is 2. The fourth-order valence-corrected chi connectivity index (χ4v) is 2.28. The van der Waals surface area contributed by atoms with Crippen LogP contribution in [0.3, 0.4) is 0 Å². The average molecular weight is 343 g/mol. The van der Waals surface area contributed by atoms with Crippen molar-refractivity contribution in [1.29, 1.82) is 0 Å². The summed E-state index contributed by atoms with van der Waals surface area (Å²) in [6.07, 6.45) is 0.653. The summed E-state index contributed by atoms with van der Waals surface area (Å²) in [5, 5.41) is 11.6. The number of carboxylic acid groups (broad SMARTS) is 1. The number of nitrogens with one attached hydrogen (secondary N) is 1. The van der Waals surface area contributed by atoms with Gasteiger partial charge in [0.15, 0.2) is 6.61 Å². The van der Waals surface area contributed by atoms with E-state index in [0.29, 0.717) is 42.6 Å². The van der Waals surface area contributed by atoms with Gasteiger partial charge in [-0.3, -0.25) is 4.79 Å². The fraction of sp³-hybridized carbons (Fsp3) is 0.222.